The zero-order valence-electron chi connectivity index (χ0n) is 15.7. The summed E-state index contributed by atoms with van der Waals surface area (Å²) in [6.07, 6.45) is 9.61. The highest BCUT2D eigenvalue weighted by Crippen LogP contribution is 2.18. The number of nitrogens with one attached hydrogen (secondary N) is 1. The average molecular weight is 380 g/mol. The number of hydrazone groups is 1. The summed E-state index contributed by atoms with van der Waals surface area (Å²) in [4.78, 5) is 12.3. The van der Waals surface area contributed by atoms with Crippen LogP contribution in [-0.4, -0.2) is 32.8 Å². The summed E-state index contributed by atoms with van der Waals surface area (Å²) in [6, 6.07) is 7.21. The third-order valence-electron chi connectivity index (χ3n) is 4.59. The molecule has 0 aromatic heterocycles. The molecule has 1 fully saturated rings. The molecule has 0 aliphatic heterocycles. The number of carbonyl (C=O) groups excluding carboxylic acids is 1. The van der Waals surface area contributed by atoms with Crippen LogP contribution in [0.25, 0.3) is 0 Å². The summed E-state index contributed by atoms with van der Waals surface area (Å²) < 4.78 is 25.4. The summed E-state index contributed by atoms with van der Waals surface area (Å²) >= 11 is 0. The second-order valence-electron chi connectivity index (χ2n) is 6.77. The van der Waals surface area contributed by atoms with Crippen molar-refractivity contribution in [2.24, 2.45) is 5.10 Å². The van der Waals surface area contributed by atoms with Gasteiger partial charge in [0.15, 0.2) is 0 Å². The second-order valence-corrected chi connectivity index (χ2v) is 8.68. The summed E-state index contributed by atoms with van der Waals surface area (Å²) in [6.45, 7) is 1.76. The highest BCUT2D eigenvalue weighted by atomic mass is 32.2. The topological polar surface area (TPSA) is 78.8 Å². The summed E-state index contributed by atoms with van der Waals surface area (Å²) in [5.74, 6) is -0.426. The summed E-state index contributed by atoms with van der Waals surface area (Å²) in [7, 11) is -3.56. The van der Waals surface area contributed by atoms with E-state index >= 15 is 0 Å². The fraction of sp³-hybridized carbons (Fsp3) is 0.579. The van der Waals surface area contributed by atoms with Crippen LogP contribution in [0.2, 0.25) is 0 Å². The van der Waals surface area contributed by atoms with Crippen LogP contribution in [0.4, 0.5) is 5.69 Å². The number of sulfonamides is 1. The van der Waals surface area contributed by atoms with E-state index in [1.54, 1.807) is 12.1 Å². The largest absolute Gasteiger partial charge is 0.271 e. The van der Waals surface area contributed by atoms with E-state index in [-0.39, 0.29) is 6.54 Å². The first-order valence-electron chi connectivity index (χ1n) is 9.31. The van der Waals surface area contributed by atoms with Gasteiger partial charge in [-0.2, -0.15) is 5.10 Å². The van der Waals surface area contributed by atoms with Crippen LogP contribution in [0, 0.1) is 0 Å². The number of amides is 1. The Balaban J connectivity index is 2.04. The Hall–Kier alpha value is -1.89. The van der Waals surface area contributed by atoms with Crippen LogP contribution in [-0.2, 0) is 21.2 Å². The van der Waals surface area contributed by atoms with E-state index in [0.29, 0.717) is 5.69 Å². The monoisotopic (exact) mass is 379 g/mol. The summed E-state index contributed by atoms with van der Waals surface area (Å²) in [5, 5.41) is 4.24. The van der Waals surface area contributed by atoms with Crippen LogP contribution < -0.4 is 9.73 Å². The van der Waals surface area contributed by atoms with E-state index in [1.807, 2.05) is 19.1 Å². The normalized spacial score (nSPS) is 15.7. The van der Waals surface area contributed by atoms with Crippen molar-refractivity contribution in [1.82, 2.24) is 5.43 Å². The van der Waals surface area contributed by atoms with Crippen LogP contribution in [0.1, 0.15) is 57.4 Å². The summed E-state index contributed by atoms with van der Waals surface area (Å²) in [5.41, 5.74) is 5.13. The molecule has 0 heterocycles. The Morgan fingerprint density at radius 2 is 1.65 bits per heavy atom. The maximum absolute atomic E-state index is 12.3. The van der Waals surface area contributed by atoms with Crippen LogP contribution in [0.15, 0.2) is 29.4 Å². The molecule has 0 spiro atoms. The molecule has 1 amide bonds. The number of hydrogen-bond acceptors (Lipinski definition) is 4. The molecule has 6 nitrogen and oxygen atoms in total. The van der Waals surface area contributed by atoms with Gasteiger partial charge in [0, 0.05) is 5.71 Å². The van der Waals surface area contributed by atoms with Crippen LogP contribution in [0.5, 0.6) is 0 Å². The molecule has 0 radical (unpaired) electrons. The van der Waals surface area contributed by atoms with Gasteiger partial charge < -0.3 is 0 Å². The highest BCUT2D eigenvalue weighted by Gasteiger charge is 2.20. The molecule has 1 aliphatic rings. The SMILES string of the molecule is CCc1ccc(N(CC(=O)NN=C2CCCCCCC2)S(C)(=O)=O)cc1. The molecule has 1 N–H and O–H groups in total. The van der Waals surface area contributed by atoms with Gasteiger partial charge in [-0.25, -0.2) is 13.8 Å². The maximum atomic E-state index is 12.3. The molecule has 144 valence electrons. The Kier molecular flexibility index (Phi) is 7.63. The Labute approximate surface area is 156 Å². The van der Waals surface area contributed by atoms with Gasteiger partial charge in [0.2, 0.25) is 10.0 Å². The molecule has 0 saturated heterocycles. The molecule has 0 bridgehead atoms. The lowest BCUT2D eigenvalue weighted by Crippen LogP contribution is -2.39. The molecular formula is C19H29N3O3S. The van der Waals surface area contributed by atoms with Gasteiger partial charge in [0.1, 0.15) is 6.54 Å². The fourth-order valence-electron chi connectivity index (χ4n) is 3.03. The number of aryl methyl sites for hydroxylation is 1. The van der Waals surface area contributed by atoms with Crippen molar-refractivity contribution in [3.8, 4) is 0 Å². The van der Waals surface area contributed by atoms with E-state index < -0.39 is 15.9 Å². The fourth-order valence-corrected chi connectivity index (χ4v) is 3.89. The van der Waals surface area contributed by atoms with E-state index in [4.69, 9.17) is 0 Å². The van der Waals surface area contributed by atoms with Gasteiger partial charge in [-0.3, -0.25) is 9.10 Å². The third-order valence-corrected chi connectivity index (χ3v) is 5.73. The predicted molar refractivity (Wildman–Crippen MR) is 106 cm³/mol. The standard InChI is InChI=1S/C19H29N3O3S/c1-3-16-11-13-18(14-12-16)22(26(2,24)25)15-19(23)21-20-17-9-7-5-4-6-8-10-17/h11-14H,3-10,15H2,1-2H3,(H,21,23). The molecule has 0 atom stereocenters. The number of nitrogens with zero attached hydrogens (tertiary/aromatic N) is 2. The number of rotatable bonds is 6. The molecule has 1 aromatic rings. The minimum absolute atomic E-state index is 0.277. The van der Waals surface area contributed by atoms with Gasteiger partial charge >= 0.3 is 0 Å². The smallest absolute Gasteiger partial charge is 0.260 e. The van der Waals surface area contributed by atoms with Crippen LogP contribution in [0.3, 0.4) is 0 Å². The molecule has 2 rings (SSSR count). The van der Waals surface area contributed by atoms with Gasteiger partial charge in [0.05, 0.1) is 11.9 Å². The minimum atomic E-state index is -3.56. The number of anilines is 1. The molecule has 7 heteroatoms. The lowest BCUT2D eigenvalue weighted by molar-refractivity contribution is -0.119. The lowest BCUT2D eigenvalue weighted by Gasteiger charge is -2.21. The third kappa shape index (κ3) is 6.44. The van der Waals surface area contributed by atoms with Crippen molar-refractivity contribution < 1.29 is 13.2 Å². The molecule has 26 heavy (non-hydrogen) atoms. The average Bonchev–Trinajstić information content (AvgIpc) is 2.58. The van der Waals surface area contributed by atoms with Crippen molar-refractivity contribution >= 4 is 27.3 Å². The van der Waals surface area contributed by atoms with E-state index in [0.717, 1.165) is 53.9 Å². The van der Waals surface area contributed by atoms with Crippen molar-refractivity contribution in [1.29, 1.82) is 0 Å². The lowest BCUT2D eigenvalue weighted by atomic mass is 9.99. The van der Waals surface area contributed by atoms with E-state index in [9.17, 15) is 13.2 Å². The molecule has 1 saturated carbocycles. The first kappa shape index (κ1) is 20.4. The van der Waals surface area contributed by atoms with E-state index in [1.165, 1.54) is 19.3 Å². The maximum Gasteiger partial charge on any atom is 0.260 e. The van der Waals surface area contributed by atoms with Gasteiger partial charge in [-0.1, -0.05) is 38.3 Å². The van der Waals surface area contributed by atoms with Crippen molar-refractivity contribution in [2.75, 3.05) is 17.1 Å². The Bertz CT molecular complexity index is 717. The molecule has 0 unspecified atom stereocenters. The van der Waals surface area contributed by atoms with Crippen molar-refractivity contribution in [3.05, 3.63) is 29.8 Å². The van der Waals surface area contributed by atoms with Gasteiger partial charge in [0.25, 0.3) is 5.91 Å². The quantitative estimate of drug-likeness (QED) is 0.771. The number of carbonyl (C=O) groups is 1. The van der Waals surface area contributed by atoms with E-state index in [2.05, 4.69) is 10.5 Å². The Morgan fingerprint density at radius 3 is 2.19 bits per heavy atom. The number of hydrogen-bond donors (Lipinski definition) is 1. The molecule has 1 aliphatic carbocycles. The Morgan fingerprint density at radius 1 is 1.08 bits per heavy atom. The highest BCUT2D eigenvalue weighted by molar-refractivity contribution is 7.92. The van der Waals surface area contributed by atoms with Crippen LogP contribution >= 0.6 is 0 Å². The van der Waals surface area contributed by atoms with Gasteiger partial charge in [-0.15, -0.1) is 0 Å². The first-order chi connectivity index (χ1) is 12.4. The number of benzene rings is 1. The zero-order valence-corrected chi connectivity index (χ0v) is 16.5. The second kappa shape index (κ2) is 9.71. The van der Waals surface area contributed by atoms with Crippen molar-refractivity contribution in [3.63, 3.8) is 0 Å². The van der Waals surface area contributed by atoms with Crippen molar-refractivity contribution in [2.45, 2.75) is 58.3 Å². The first-order valence-corrected chi connectivity index (χ1v) is 11.2. The van der Waals surface area contributed by atoms with Gasteiger partial charge in [-0.05, 0) is 49.8 Å². The molecule has 1 aromatic carbocycles. The zero-order chi connectivity index (χ0) is 19.0. The molecular weight excluding hydrogens is 350 g/mol. The predicted octanol–water partition coefficient (Wildman–Crippen LogP) is 3.23. The minimum Gasteiger partial charge on any atom is -0.271 e.